The van der Waals surface area contributed by atoms with Gasteiger partial charge in [-0.25, -0.2) is 18.5 Å². The normalized spacial score (nSPS) is 12.2. The average Bonchev–Trinajstić information content (AvgIpc) is 2.94. The van der Waals surface area contributed by atoms with Crippen molar-refractivity contribution >= 4 is 43.5 Å². The Morgan fingerprint density at radius 3 is 2.60 bits per heavy atom. The van der Waals surface area contributed by atoms with Gasteiger partial charge in [-0.1, -0.05) is 12.1 Å². The monoisotopic (exact) mass is 377 g/mol. The number of primary sulfonamides is 1. The standard InChI is InChI=1S/C16H15N3O4S2/c1-9-19-14-15(21)12(8-13(20)16(14)24-9)18-7-6-10-2-4-11(5-3-10)25(17,22)23/h2-5,7-8,20-21H,6H2,1H3,(H2,17,22,23). The maximum absolute atomic E-state index is 11.2. The molecule has 7 nitrogen and oxygen atoms in total. The molecule has 3 rings (SSSR count). The quantitative estimate of drug-likeness (QED) is 0.476. The van der Waals surface area contributed by atoms with E-state index in [0.29, 0.717) is 16.6 Å². The Balaban J connectivity index is 1.83. The lowest BCUT2D eigenvalue weighted by atomic mass is 10.2. The topological polar surface area (TPSA) is 126 Å². The summed E-state index contributed by atoms with van der Waals surface area (Å²) in [5.41, 5.74) is 1.37. The van der Waals surface area contributed by atoms with Gasteiger partial charge in [-0.2, -0.15) is 0 Å². The molecular weight excluding hydrogens is 362 g/mol. The lowest BCUT2D eigenvalue weighted by Gasteiger charge is -2.02. The van der Waals surface area contributed by atoms with Crippen LogP contribution < -0.4 is 5.14 Å². The van der Waals surface area contributed by atoms with Crippen LogP contribution in [0.15, 0.2) is 40.2 Å². The second-order valence-corrected chi connectivity index (χ2v) is 8.14. The van der Waals surface area contributed by atoms with E-state index in [1.807, 2.05) is 0 Å². The summed E-state index contributed by atoms with van der Waals surface area (Å²) < 4.78 is 23.0. The van der Waals surface area contributed by atoms with Gasteiger partial charge in [0.15, 0.2) is 5.75 Å². The zero-order valence-corrected chi connectivity index (χ0v) is 14.8. The SMILES string of the molecule is Cc1nc2c(O)c(N=CCc3ccc(S(N)(=O)=O)cc3)cc(O)c2s1. The van der Waals surface area contributed by atoms with Crippen LogP contribution in [0.4, 0.5) is 5.69 Å². The number of aliphatic imine (C=N–C) groups is 1. The number of hydrogen-bond donors (Lipinski definition) is 3. The Labute approximate surface area is 148 Å². The predicted molar refractivity (Wildman–Crippen MR) is 97.4 cm³/mol. The number of aromatic hydroxyl groups is 2. The van der Waals surface area contributed by atoms with E-state index < -0.39 is 10.0 Å². The number of hydrogen-bond acceptors (Lipinski definition) is 7. The zero-order valence-electron chi connectivity index (χ0n) is 13.2. The predicted octanol–water partition coefficient (Wildman–Crippen LogP) is 2.61. The second-order valence-electron chi connectivity index (χ2n) is 5.38. The molecule has 0 saturated carbocycles. The molecule has 9 heteroatoms. The summed E-state index contributed by atoms with van der Waals surface area (Å²) in [5.74, 6) is -0.0685. The minimum Gasteiger partial charge on any atom is -0.506 e. The van der Waals surface area contributed by atoms with Crippen LogP contribution in [0.2, 0.25) is 0 Å². The average molecular weight is 377 g/mol. The smallest absolute Gasteiger partial charge is 0.238 e. The first kappa shape index (κ1) is 17.3. The second kappa shape index (κ2) is 6.43. The van der Waals surface area contributed by atoms with Gasteiger partial charge in [-0.05, 0) is 24.6 Å². The van der Waals surface area contributed by atoms with Crippen LogP contribution in [-0.4, -0.2) is 29.8 Å². The molecule has 0 fully saturated rings. The molecule has 0 bridgehead atoms. The molecule has 3 aromatic rings. The lowest BCUT2D eigenvalue weighted by Crippen LogP contribution is -2.11. The fourth-order valence-corrected chi connectivity index (χ4v) is 3.66. The van der Waals surface area contributed by atoms with Gasteiger partial charge in [0.05, 0.1) is 9.90 Å². The molecule has 0 aliphatic rings. The Hall–Kier alpha value is -2.49. The van der Waals surface area contributed by atoms with Crippen molar-refractivity contribution in [3.63, 3.8) is 0 Å². The first-order valence-corrected chi connectivity index (χ1v) is 9.58. The summed E-state index contributed by atoms with van der Waals surface area (Å²) in [6, 6.07) is 7.50. The molecule has 130 valence electrons. The first-order chi connectivity index (χ1) is 11.8. The lowest BCUT2D eigenvalue weighted by molar-refractivity contribution is 0.471. The van der Waals surface area contributed by atoms with Gasteiger partial charge in [-0.15, -0.1) is 11.3 Å². The minimum atomic E-state index is -3.71. The van der Waals surface area contributed by atoms with Crippen LogP contribution in [-0.2, 0) is 16.4 Å². The summed E-state index contributed by atoms with van der Waals surface area (Å²) in [4.78, 5) is 8.42. The van der Waals surface area contributed by atoms with Crippen LogP contribution in [0.3, 0.4) is 0 Å². The zero-order chi connectivity index (χ0) is 18.2. The molecule has 0 spiro atoms. The Kier molecular flexibility index (Phi) is 4.46. The highest BCUT2D eigenvalue weighted by molar-refractivity contribution is 7.89. The van der Waals surface area contributed by atoms with Crippen LogP contribution in [0.25, 0.3) is 10.2 Å². The molecule has 0 amide bonds. The van der Waals surface area contributed by atoms with Gasteiger partial charge < -0.3 is 10.2 Å². The van der Waals surface area contributed by atoms with Crippen molar-refractivity contribution in [3.8, 4) is 11.5 Å². The van der Waals surface area contributed by atoms with Crippen molar-refractivity contribution < 1.29 is 18.6 Å². The van der Waals surface area contributed by atoms with Crippen molar-refractivity contribution in [2.45, 2.75) is 18.2 Å². The molecule has 25 heavy (non-hydrogen) atoms. The van der Waals surface area contributed by atoms with E-state index in [-0.39, 0.29) is 22.1 Å². The van der Waals surface area contributed by atoms with Gasteiger partial charge in [0.1, 0.15) is 21.7 Å². The Morgan fingerprint density at radius 2 is 1.96 bits per heavy atom. The maximum Gasteiger partial charge on any atom is 0.238 e. The number of benzene rings is 2. The summed E-state index contributed by atoms with van der Waals surface area (Å²) in [6.07, 6.45) is 1.98. The number of aromatic nitrogens is 1. The van der Waals surface area contributed by atoms with E-state index in [1.165, 1.54) is 29.5 Å². The summed E-state index contributed by atoms with van der Waals surface area (Å²) in [6.45, 7) is 1.79. The van der Waals surface area contributed by atoms with Crippen molar-refractivity contribution in [1.29, 1.82) is 0 Å². The number of thiazole rings is 1. The van der Waals surface area contributed by atoms with E-state index in [1.54, 1.807) is 25.3 Å². The third kappa shape index (κ3) is 3.63. The molecule has 0 saturated heterocycles. The van der Waals surface area contributed by atoms with Gasteiger partial charge in [0.2, 0.25) is 10.0 Å². The van der Waals surface area contributed by atoms with Crippen LogP contribution in [0.1, 0.15) is 10.6 Å². The van der Waals surface area contributed by atoms with Crippen LogP contribution in [0.5, 0.6) is 11.5 Å². The molecule has 0 unspecified atom stereocenters. The fraction of sp³-hybridized carbons (Fsp3) is 0.125. The van der Waals surface area contributed by atoms with Gasteiger partial charge in [-0.3, -0.25) is 4.99 Å². The number of phenols is 2. The van der Waals surface area contributed by atoms with Gasteiger partial charge >= 0.3 is 0 Å². The Bertz CT molecular complexity index is 1070. The number of fused-ring (bicyclic) bond motifs is 1. The first-order valence-electron chi connectivity index (χ1n) is 7.22. The van der Waals surface area contributed by atoms with E-state index in [9.17, 15) is 18.6 Å². The highest BCUT2D eigenvalue weighted by Crippen LogP contribution is 2.42. The van der Waals surface area contributed by atoms with Crippen LogP contribution in [0, 0.1) is 6.92 Å². The molecular formula is C16H15N3O4S2. The van der Waals surface area contributed by atoms with Crippen LogP contribution >= 0.6 is 11.3 Å². The summed E-state index contributed by atoms with van der Waals surface area (Å²) >= 11 is 1.29. The van der Waals surface area contributed by atoms with Gasteiger partial charge in [0.25, 0.3) is 0 Å². The highest BCUT2D eigenvalue weighted by Gasteiger charge is 2.14. The van der Waals surface area contributed by atoms with Crippen molar-refractivity contribution in [2.75, 3.05) is 0 Å². The van der Waals surface area contributed by atoms with Crippen molar-refractivity contribution in [1.82, 2.24) is 4.98 Å². The minimum absolute atomic E-state index is 0.0167. The molecule has 0 atom stereocenters. The number of aryl methyl sites for hydroxylation is 1. The molecule has 1 heterocycles. The van der Waals surface area contributed by atoms with E-state index in [0.717, 1.165) is 10.6 Å². The summed E-state index contributed by atoms with van der Waals surface area (Å²) in [5, 5.41) is 26.1. The highest BCUT2D eigenvalue weighted by atomic mass is 32.2. The number of sulfonamides is 1. The largest absolute Gasteiger partial charge is 0.506 e. The van der Waals surface area contributed by atoms with E-state index >= 15 is 0 Å². The molecule has 1 aromatic heterocycles. The molecule has 2 aromatic carbocycles. The summed E-state index contributed by atoms with van der Waals surface area (Å²) in [7, 11) is -3.71. The van der Waals surface area contributed by atoms with Crippen molar-refractivity contribution in [3.05, 3.63) is 40.9 Å². The Morgan fingerprint density at radius 1 is 1.28 bits per heavy atom. The van der Waals surface area contributed by atoms with E-state index in [4.69, 9.17) is 5.14 Å². The maximum atomic E-state index is 11.2. The molecule has 0 radical (unpaired) electrons. The molecule has 0 aliphatic heterocycles. The molecule has 4 N–H and O–H groups in total. The molecule has 0 aliphatic carbocycles. The van der Waals surface area contributed by atoms with Crippen molar-refractivity contribution in [2.24, 2.45) is 10.1 Å². The third-order valence-corrected chi connectivity index (χ3v) is 5.44. The third-order valence-electron chi connectivity index (χ3n) is 3.52. The number of phenolic OH excluding ortho intramolecular Hbond substituents is 2. The van der Waals surface area contributed by atoms with E-state index in [2.05, 4.69) is 9.98 Å². The van der Waals surface area contributed by atoms with Gasteiger partial charge in [0, 0.05) is 18.7 Å². The number of nitrogens with two attached hydrogens (primary N) is 1. The number of nitrogens with zero attached hydrogens (tertiary/aromatic N) is 2. The fourth-order valence-electron chi connectivity index (χ4n) is 2.31. The number of rotatable bonds is 4.